The van der Waals surface area contributed by atoms with Crippen LogP contribution in [0.1, 0.15) is 32.3 Å². The first-order valence-electron chi connectivity index (χ1n) is 7.30. The second-order valence-electron chi connectivity index (χ2n) is 4.68. The number of H-pyrrole nitrogens is 1. The Hall–Kier alpha value is -1.40. The number of nitrogens with one attached hydrogen (secondary N) is 2. The first-order chi connectivity index (χ1) is 9.69. The number of nitrogens with zero attached hydrogens (tertiary/aromatic N) is 1. The minimum absolute atomic E-state index is 0.286. The lowest BCUT2D eigenvalue weighted by Gasteiger charge is -2.08. The largest absolute Gasteiger partial charge is 0.380 e. The van der Waals surface area contributed by atoms with E-state index in [4.69, 9.17) is 4.74 Å². The van der Waals surface area contributed by atoms with Gasteiger partial charge in [-0.05, 0) is 12.8 Å². The van der Waals surface area contributed by atoms with Crippen LogP contribution < -0.4 is 16.6 Å². The van der Waals surface area contributed by atoms with E-state index in [9.17, 15) is 9.59 Å². The zero-order chi connectivity index (χ0) is 14.8. The molecule has 0 atom stereocenters. The van der Waals surface area contributed by atoms with E-state index in [-0.39, 0.29) is 11.2 Å². The molecule has 1 aromatic heterocycles. The highest BCUT2D eigenvalue weighted by molar-refractivity contribution is 5.03. The lowest BCUT2D eigenvalue weighted by molar-refractivity contribution is 0.133. The summed E-state index contributed by atoms with van der Waals surface area (Å²) in [5.74, 6) is 0. The smallest absolute Gasteiger partial charge is 0.328 e. The fourth-order valence-electron chi connectivity index (χ4n) is 1.79. The predicted molar refractivity (Wildman–Crippen MR) is 79.3 cm³/mol. The summed E-state index contributed by atoms with van der Waals surface area (Å²) in [6, 6.07) is 0. The number of unbranched alkanes of at least 4 members (excludes halogenated alkanes) is 1. The highest BCUT2D eigenvalue weighted by Crippen LogP contribution is 1.89. The molecule has 0 saturated heterocycles. The van der Waals surface area contributed by atoms with Crippen LogP contribution in [0, 0.1) is 0 Å². The molecule has 2 N–H and O–H groups in total. The van der Waals surface area contributed by atoms with Crippen molar-refractivity contribution in [2.24, 2.45) is 0 Å². The van der Waals surface area contributed by atoms with Crippen LogP contribution in [0.3, 0.4) is 0 Å². The van der Waals surface area contributed by atoms with E-state index in [2.05, 4.69) is 17.2 Å². The van der Waals surface area contributed by atoms with Crippen molar-refractivity contribution in [1.29, 1.82) is 0 Å². The molecule has 0 aliphatic heterocycles. The molecule has 0 radical (unpaired) electrons. The van der Waals surface area contributed by atoms with Gasteiger partial charge in [-0.15, -0.1) is 0 Å². The minimum atomic E-state index is -0.354. The van der Waals surface area contributed by atoms with Gasteiger partial charge in [0.05, 0.1) is 6.61 Å². The van der Waals surface area contributed by atoms with E-state index in [1.54, 1.807) is 6.20 Å². The summed E-state index contributed by atoms with van der Waals surface area (Å²) in [5, 5.41) is 3.21. The maximum Gasteiger partial charge on any atom is 0.328 e. The van der Waals surface area contributed by atoms with Crippen molar-refractivity contribution in [2.45, 2.75) is 39.7 Å². The van der Waals surface area contributed by atoms with E-state index >= 15 is 0 Å². The van der Waals surface area contributed by atoms with Crippen molar-refractivity contribution < 1.29 is 4.74 Å². The van der Waals surface area contributed by atoms with E-state index < -0.39 is 0 Å². The highest BCUT2D eigenvalue weighted by atomic mass is 16.5. The van der Waals surface area contributed by atoms with Gasteiger partial charge in [0, 0.05) is 38.0 Å². The molecule has 0 unspecified atom stereocenters. The summed E-state index contributed by atoms with van der Waals surface area (Å²) < 4.78 is 6.96. The zero-order valence-corrected chi connectivity index (χ0v) is 12.4. The molecule has 0 bridgehead atoms. The van der Waals surface area contributed by atoms with Crippen LogP contribution in [-0.2, 0) is 17.7 Å². The van der Waals surface area contributed by atoms with Crippen LogP contribution in [0.2, 0.25) is 0 Å². The molecule has 0 saturated carbocycles. The Labute approximate surface area is 119 Å². The molecule has 1 rings (SSSR count). The second kappa shape index (κ2) is 9.50. The second-order valence-corrected chi connectivity index (χ2v) is 4.68. The lowest BCUT2D eigenvalue weighted by atomic mass is 10.3. The first-order valence-corrected chi connectivity index (χ1v) is 7.30. The van der Waals surface area contributed by atoms with E-state index in [1.807, 2.05) is 6.92 Å². The van der Waals surface area contributed by atoms with Gasteiger partial charge in [-0.2, -0.15) is 0 Å². The van der Waals surface area contributed by atoms with Crippen molar-refractivity contribution >= 4 is 0 Å². The Balaban J connectivity index is 2.28. The molecule has 1 heterocycles. The molecule has 0 spiro atoms. The first kappa shape index (κ1) is 16.7. The number of aryl methyl sites for hydroxylation is 1. The third kappa shape index (κ3) is 5.71. The van der Waals surface area contributed by atoms with Crippen LogP contribution in [0.4, 0.5) is 0 Å². The van der Waals surface area contributed by atoms with Crippen molar-refractivity contribution in [2.75, 3.05) is 26.3 Å². The summed E-state index contributed by atoms with van der Waals surface area (Å²) in [4.78, 5) is 25.4. The molecular weight excluding hydrogens is 258 g/mol. The minimum Gasteiger partial charge on any atom is -0.380 e. The Morgan fingerprint density at radius 3 is 2.75 bits per heavy atom. The third-order valence-corrected chi connectivity index (χ3v) is 3.06. The number of ether oxygens (including phenoxy) is 1. The van der Waals surface area contributed by atoms with Crippen LogP contribution in [0.25, 0.3) is 0 Å². The fraction of sp³-hybridized carbons (Fsp3) is 0.714. The molecule has 6 nitrogen and oxygen atoms in total. The van der Waals surface area contributed by atoms with Gasteiger partial charge in [-0.25, -0.2) is 4.79 Å². The fourth-order valence-corrected chi connectivity index (χ4v) is 1.79. The molecule has 0 aliphatic rings. The monoisotopic (exact) mass is 283 g/mol. The summed E-state index contributed by atoms with van der Waals surface area (Å²) in [6.07, 6.45) is 4.49. The number of aromatic nitrogens is 2. The van der Waals surface area contributed by atoms with Crippen LogP contribution in [0.5, 0.6) is 0 Å². The quantitative estimate of drug-likeness (QED) is 0.613. The molecule has 0 aliphatic carbocycles. The predicted octanol–water partition coefficient (Wildman–Crippen LogP) is 0.505. The number of hydrogen-bond acceptors (Lipinski definition) is 4. The standard InChI is InChI=1S/C14H25N3O3/c1-3-5-9-20-10-7-15-6-8-17-11-12(4-2)13(18)16-14(17)19/h11,15H,3-10H2,1-2H3,(H,16,18,19). The van der Waals surface area contributed by atoms with Crippen molar-refractivity contribution in [3.8, 4) is 0 Å². The highest BCUT2D eigenvalue weighted by Gasteiger charge is 2.02. The van der Waals surface area contributed by atoms with Crippen LogP contribution in [0.15, 0.2) is 15.8 Å². The van der Waals surface area contributed by atoms with Crippen molar-refractivity contribution in [3.63, 3.8) is 0 Å². The average Bonchev–Trinajstić information content (AvgIpc) is 2.43. The van der Waals surface area contributed by atoms with Gasteiger partial charge in [0.25, 0.3) is 5.56 Å². The van der Waals surface area contributed by atoms with E-state index in [1.165, 1.54) is 4.57 Å². The van der Waals surface area contributed by atoms with Crippen LogP contribution in [-0.4, -0.2) is 35.9 Å². The Morgan fingerprint density at radius 1 is 1.25 bits per heavy atom. The Morgan fingerprint density at radius 2 is 2.05 bits per heavy atom. The Bertz CT molecular complexity index is 493. The van der Waals surface area contributed by atoms with Gasteiger partial charge in [0.15, 0.2) is 0 Å². The molecular formula is C14H25N3O3. The number of rotatable bonds is 10. The van der Waals surface area contributed by atoms with Crippen LogP contribution >= 0.6 is 0 Å². The van der Waals surface area contributed by atoms with E-state index in [0.29, 0.717) is 31.7 Å². The molecule has 20 heavy (non-hydrogen) atoms. The summed E-state index contributed by atoms with van der Waals surface area (Å²) in [7, 11) is 0. The maximum atomic E-state index is 11.6. The van der Waals surface area contributed by atoms with E-state index in [0.717, 1.165) is 26.0 Å². The molecule has 0 aromatic carbocycles. The molecule has 1 aromatic rings. The summed E-state index contributed by atoms with van der Waals surface area (Å²) in [6.45, 7) is 7.49. The Kier molecular flexibility index (Phi) is 7.91. The SMILES string of the molecule is CCCCOCCNCCn1cc(CC)c(=O)[nH]c1=O. The number of hydrogen-bond donors (Lipinski definition) is 2. The molecule has 0 amide bonds. The van der Waals surface area contributed by atoms with Gasteiger partial charge in [0.2, 0.25) is 0 Å². The number of aromatic amines is 1. The lowest BCUT2D eigenvalue weighted by Crippen LogP contribution is -2.34. The molecule has 0 fully saturated rings. The summed E-state index contributed by atoms with van der Waals surface area (Å²) in [5.41, 5.74) is -0.00766. The van der Waals surface area contributed by atoms with Crippen molar-refractivity contribution in [3.05, 3.63) is 32.6 Å². The van der Waals surface area contributed by atoms with Gasteiger partial charge >= 0.3 is 5.69 Å². The third-order valence-electron chi connectivity index (χ3n) is 3.06. The summed E-state index contributed by atoms with van der Waals surface area (Å²) >= 11 is 0. The van der Waals surface area contributed by atoms with Gasteiger partial charge in [-0.3, -0.25) is 14.3 Å². The van der Waals surface area contributed by atoms with Crippen molar-refractivity contribution in [1.82, 2.24) is 14.9 Å². The van der Waals surface area contributed by atoms with Gasteiger partial charge in [-0.1, -0.05) is 20.3 Å². The topological polar surface area (TPSA) is 76.1 Å². The zero-order valence-electron chi connectivity index (χ0n) is 12.4. The van der Waals surface area contributed by atoms with Gasteiger partial charge in [0.1, 0.15) is 0 Å². The average molecular weight is 283 g/mol. The van der Waals surface area contributed by atoms with Gasteiger partial charge < -0.3 is 10.1 Å². The maximum absolute atomic E-state index is 11.6. The molecule has 6 heteroatoms. The molecule has 114 valence electrons. The normalized spacial score (nSPS) is 10.9.